The van der Waals surface area contributed by atoms with Gasteiger partial charge in [-0.25, -0.2) is 0 Å². The second kappa shape index (κ2) is 12.5. The molecule has 6 heteroatoms. The van der Waals surface area contributed by atoms with Gasteiger partial charge in [0.1, 0.15) is 5.75 Å². The Balaban J connectivity index is 1.66. The standard InChI is InChI=1S/C26H30ClNO4/c1-3-5-6-13-31-28-18-24-16-22(29)17-26(32-24)20-9-12-25(27)21(15-20)14-19-7-10-23(11-8-19)30-4-2/h7-12,15,18,22,24,26,29H,3-4,13-14,16-17H2,1-2H3. The van der Waals surface area contributed by atoms with Crippen LogP contribution in [0.15, 0.2) is 47.6 Å². The van der Waals surface area contributed by atoms with E-state index in [2.05, 4.69) is 23.1 Å². The van der Waals surface area contributed by atoms with Crippen molar-refractivity contribution in [1.82, 2.24) is 0 Å². The van der Waals surface area contributed by atoms with E-state index in [1.54, 1.807) is 6.21 Å². The van der Waals surface area contributed by atoms with E-state index in [1.165, 1.54) is 0 Å². The van der Waals surface area contributed by atoms with Crippen LogP contribution in [-0.2, 0) is 16.0 Å². The van der Waals surface area contributed by atoms with Gasteiger partial charge in [0.25, 0.3) is 0 Å². The Morgan fingerprint density at radius 3 is 2.72 bits per heavy atom. The maximum atomic E-state index is 10.4. The SMILES string of the molecule is CCC#CCON=CC1CC(O)CC(c2ccc(Cl)c(Cc3ccc(OCC)cc3)c2)O1. The van der Waals surface area contributed by atoms with Crippen LogP contribution < -0.4 is 4.74 Å². The number of halogens is 1. The third-order valence-electron chi connectivity index (χ3n) is 5.14. The number of aliphatic hydroxyl groups excluding tert-OH is 1. The Kier molecular flexibility index (Phi) is 9.43. The van der Waals surface area contributed by atoms with Crippen LogP contribution in [0, 0.1) is 11.8 Å². The Hall–Kier alpha value is -2.52. The van der Waals surface area contributed by atoms with E-state index < -0.39 is 6.10 Å². The van der Waals surface area contributed by atoms with Gasteiger partial charge in [-0.3, -0.25) is 0 Å². The number of ether oxygens (including phenoxy) is 2. The first-order chi connectivity index (χ1) is 15.6. The molecule has 1 aliphatic rings. The van der Waals surface area contributed by atoms with Gasteiger partial charge in [-0.15, -0.1) is 0 Å². The third-order valence-corrected chi connectivity index (χ3v) is 5.51. The Morgan fingerprint density at radius 2 is 1.97 bits per heavy atom. The average Bonchev–Trinajstić information content (AvgIpc) is 2.79. The summed E-state index contributed by atoms with van der Waals surface area (Å²) in [4.78, 5) is 5.15. The average molecular weight is 456 g/mol. The lowest BCUT2D eigenvalue weighted by Gasteiger charge is -2.31. The molecule has 0 saturated carbocycles. The minimum Gasteiger partial charge on any atom is -0.494 e. The molecule has 0 bridgehead atoms. The number of nitrogens with zero attached hydrogens (tertiary/aromatic N) is 1. The molecular formula is C26H30ClNO4. The minimum absolute atomic E-state index is 0.244. The molecule has 0 aromatic heterocycles. The summed E-state index contributed by atoms with van der Waals surface area (Å²) in [5.74, 6) is 6.64. The number of oxime groups is 1. The maximum Gasteiger partial charge on any atom is 0.177 e. The van der Waals surface area contributed by atoms with Gasteiger partial charge in [-0.05, 0) is 48.2 Å². The quantitative estimate of drug-likeness (QED) is 0.253. The van der Waals surface area contributed by atoms with Crippen molar-refractivity contribution in [2.24, 2.45) is 5.16 Å². The third kappa shape index (κ3) is 7.27. The number of benzene rings is 2. The molecular weight excluding hydrogens is 426 g/mol. The summed E-state index contributed by atoms with van der Waals surface area (Å²) in [6.45, 7) is 4.84. The highest BCUT2D eigenvalue weighted by Gasteiger charge is 2.29. The summed E-state index contributed by atoms with van der Waals surface area (Å²) in [5.41, 5.74) is 3.15. The molecule has 0 amide bonds. The van der Waals surface area contributed by atoms with E-state index >= 15 is 0 Å². The van der Waals surface area contributed by atoms with Crippen LogP contribution in [0.1, 0.15) is 55.9 Å². The highest BCUT2D eigenvalue weighted by atomic mass is 35.5. The van der Waals surface area contributed by atoms with Gasteiger partial charge in [0.15, 0.2) is 6.61 Å². The van der Waals surface area contributed by atoms with Gasteiger partial charge in [0.2, 0.25) is 0 Å². The Bertz CT molecular complexity index is 949. The zero-order valence-corrected chi connectivity index (χ0v) is 19.3. The fourth-order valence-corrected chi connectivity index (χ4v) is 3.81. The van der Waals surface area contributed by atoms with Crippen molar-refractivity contribution in [1.29, 1.82) is 0 Å². The zero-order valence-electron chi connectivity index (χ0n) is 18.6. The molecule has 2 aromatic rings. The van der Waals surface area contributed by atoms with Crippen molar-refractivity contribution in [2.75, 3.05) is 13.2 Å². The lowest BCUT2D eigenvalue weighted by Crippen LogP contribution is -2.32. The fourth-order valence-electron chi connectivity index (χ4n) is 3.62. The first-order valence-corrected chi connectivity index (χ1v) is 11.4. The van der Waals surface area contributed by atoms with Crippen molar-refractivity contribution < 1.29 is 19.4 Å². The number of aliphatic hydroxyl groups is 1. The van der Waals surface area contributed by atoms with Crippen LogP contribution in [0.3, 0.4) is 0 Å². The predicted octanol–water partition coefficient (Wildman–Crippen LogP) is 5.33. The molecule has 3 rings (SSSR count). The molecule has 1 aliphatic heterocycles. The van der Waals surface area contributed by atoms with Crippen LogP contribution in [0.4, 0.5) is 0 Å². The van der Waals surface area contributed by atoms with Gasteiger partial charge in [0, 0.05) is 24.3 Å². The predicted molar refractivity (Wildman–Crippen MR) is 127 cm³/mol. The highest BCUT2D eigenvalue weighted by Crippen LogP contribution is 2.33. The van der Waals surface area contributed by atoms with Gasteiger partial charge in [-0.2, -0.15) is 0 Å². The molecule has 0 radical (unpaired) electrons. The highest BCUT2D eigenvalue weighted by molar-refractivity contribution is 6.31. The van der Waals surface area contributed by atoms with Crippen molar-refractivity contribution in [3.8, 4) is 17.6 Å². The van der Waals surface area contributed by atoms with E-state index in [0.29, 0.717) is 30.9 Å². The van der Waals surface area contributed by atoms with Crippen molar-refractivity contribution >= 4 is 17.8 Å². The van der Waals surface area contributed by atoms with Crippen molar-refractivity contribution in [2.45, 2.75) is 57.8 Å². The first-order valence-electron chi connectivity index (χ1n) is 11.0. The van der Waals surface area contributed by atoms with Gasteiger partial charge >= 0.3 is 0 Å². The number of hydrogen-bond acceptors (Lipinski definition) is 5. The summed E-state index contributed by atoms with van der Waals surface area (Å²) in [5, 5.41) is 15.0. The van der Waals surface area contributed by atoms with E-state index in [1.807, 2.05) is 50.2 Å². The van der Waals surface area contributed by atoms with Gasteiger partial charge in [-0.1, -0.05) is 59.8 Å². The maximum absolute atomic E-state index is 10.4. The molecule has 2 aromatic carbocycles. The normalized spacial score (nSPS) is 20.6. The van der Waals surface area contributed by atoms with Crippen molar-refractivity contribution in [3.05, 3.63) is 64.2 Å². The Morgan fingerprint density at radius 1 is 1.16 bits per heavy atom. The van der Waals surface area contributed by atoms with E-state index in [9.17, 15) is 5.11 Å². The topological polar surface area (TPSA) is 60.3 Å². The fraction of sp³-hybridized carbons (Fsp3) is 0.423. The van der Waals surface area contributed by atoms with Crippen LogP contribution >= 0.6 is 11.6 Å². The van der Waals surface area contributed by atoms with E-state index in [-0.39, 0.29) is 18.8 Å². The molecule has 1 N–H and O–H groups in total. The largest absolute Gasteiger partial charge is 0.494 e. The molecule has 5 nitrogen and oxygen atoms in total. The summed E-state index contributed by atoms with van der Waals surface area (Å²) in [7, 11) is 0. The minimum atomic E-state index is -0.477. The summed E-state index contributed by atoms with van der Waals surface area (Å²) < 4.78 is 11.7. The second-order valence-electron chi connectivity index (χ2n) is 7.63. The van der Waals surface area contributed by atoms with Gasteiger partial charge < -0.3 is 19.4 Å². The summed E-state index contributed by atoms with van der Waals surface area (Å²) in [6.07, 6.45) is 3.04. The molecule has 1 fully saturated rings. The van der Waals surface area contributed by atoms with Crippen LogP contribution in [-0.4, -0.2) is 36.7 Å². The van der Waals surface area contributed by atoms with Crippen LogP contribution in [0.2, 0.25) is 5.02 Å². The smallest absolute Gasteiger partial charge is 0.177 e. The molecule has 1 heterocycles. The monoisotopic (exact) mass is 455 g/mol. The second-order valence-corrected chi connectivity index (χ2v) is 8.04. The van der Waals surface area contributed by atoms with E-state index in [4.69, 9.17) is 25.9 Å². The number of hydrogen-bond donors (Lipinski definition) is 1. The molecule has 3 unspecified atom stereocenters. The molecule has 0 aliphatic carbocycles. The lowest BCUT2D eigenvalue weighted by molar-refractivity contribution is -0.0689. The molecule has 0 spiro atoms. The number of rotatable bonds is 8. The zero-order chi connectivity index (χ0) is 22.8. The van der Waals surface area contributed by atoms with Gasteiger partial charge in [0.05, 0.1) is 31.1 Å². The Labute approximate surface area is 195 Å². The molecule has 1 saturated heterocycles. The van der Waals surface area contributed by atoms with E-state index in [0.717, 1.165) is 28.9 Å². The van der Waals surface area contributed by atoms with Crippen molar-refractivity contribution in [3.63, 3.8) is 0 Å². The lowest BCUT2D eigenvalue weighted by atomic mass is 9.94. The van der Waals surface area contributed by atoms with Crippen LogP contribution in [0.25, 0.3) is 0 Å². The molecule has 3 atom stereocenters. The summed E-state index contributed by atoms with van der Waals surface area (Å²) in [6, 6.07) is 13.9. The first kappa shape index (κ1) is 24.1. The molecule has 170 valence electrons. The molecule has 32 heavy (non-hydrogen) atoms. The van der Waals surface area contributed by atoms with Crippen LogP contribution in [0.5, 0.6) is 5.75 Å². The summed E-state index contributed by atoms with van der Waals surface area (Å²) >= 11 is 6.48.